The standard InChI is InChI=1S/C12H15NO2S/c1-2-15-12(14)10-8-16-11(13-10)9-6-4-3-5-7-9/h3-7,10-11,13H,2,8H2,1H3/t10-,11+/m0/s1. The quantitative estimate of drug-likeness (QED) is 0.816. The maximum Gasteiger partial charge on any atom is 0.324 e. The number of benzene rings is 1. The third-order valence-corrected chi connectivity index (χ3v) is 3.72. The lowest BCUT2D eigenvalue weighted by Gasteiger charge is -2.12. The van der Waals surface area contributed by atoms with Crippen molar-refractivity contribution in [3.8, 4) is 0 Å². The van der Waals surface area contributed by atoms with Crippen molar-refractivity contribution in [1.82, 2.24) is 5.32 Å². The molecule has 86 valence electrons. The predicted octanol–water partition coefficient (Wildman–Crippen LogP) is 1.95. The van der Waals surface area contributed by atoms with Crippen molar-refractivity contribution >= 4 is 17.7 Å². The lowest BCUT2D eigenvalue weighted by molar-refractivity contribution is -0.144. The predicted molar refractivity (Wildman–Crippen MR) is 65.2 cm³/mol. The number of esters is 1. The van der Waals surface area contributed by atoms with Crippen molar-refractivity contribution in [1.29, 1.82) is 0 Å². The molecule has 4 heteroatoms. The molecule has 1 aliphatic heterocycles. The van der Waals surface area contributed by atoms with Crippen molar-refractivity contribution in [2.24, 2.45) is 0 Å². The zero-order chi connectivity index (χ0) is 11.4. The highest BCUT2D eigenvalue weighted by Gasteiger charge is 2.31. The molecule has 0 aliphatic carbocycles. The van der Waals surface area contributed by atoms with E-state index in [2.05, 4.69) is 17.4 Å². The van der Waals surface area contributed by atoms with E-state index in [4.69, 9.17) is 4.74 Å². The summed E-state index contributed by atoms with van der Waals surface area (Å²) in [6, 6.07) is 9.97. The van der Waals surface area contributed by atoms with Gasteiger partial charge in [0.1, 0.15) is 6.04 Å². The second kappa shape index (κ2) is 5.37. The van der Waals surface area contributed by atoms with E-state index in [1.165, 1.54) is 5.56 Å². The number of hydrogen-bond donors (Lipinski definition) is 1. The van der Waals surface area contributed by atoms with Crippen LogP contribution in [-0.2, 0) is 9.53 Å². The van der Waals surface area contributed by atoms with Crippen molar-refractivity contribution in [3.63, 3.8) is 0 Å². The monoisotopic (exact) mass is 237 g/mol. The molecule has 0 bridgehead atoms. The average Bonchev–Trinajstić information content (AvgIpc) is 2.80. The molecule has 1 saturated heterocycles. The Bertz CT molecular complexity index is 355. The van der Waals surface area contributed by atoms with Crippen molar-refractivity contribution in [2.45, 2.75) is 18.3 Å². The van der Waals surface area contributed by atoms with E-state index in [0.29, 0.717) is 6.61 Å². The molecule has 0 aromatic heterocycles. The number of ether oxygens (including phenoxy) is 1. The number of nitrogens with one attached hydrogen (secondary N) is 1. The molecule has 0 radical (unpaired) electrons. The van der Waals surface area contributed by atoms with E-state index in [1.807, 2.05) is 25.1 Å². The van der Waals surface area contributed by atoms with Crippen LogP contribution in [0.5, 0.6) is 0 Å². The van der Waals surface area contributed by atoms with Gasteiger partial charge in [0.05, 0.1) is 12.0 Å². The highest BCUT2D eigenvalue weighted by atomic mass is 32.2. The first-order valence-electron chi connectivity index (χ1n) is 5.40. The van der Waals surface area contributed by atoms with E-state index in [-0.39, 0.29) is 17.4 Å². The van der Waals surface area contributed by atoms with Gasteiger partial charge in [0, 0.05) is 5.75 Å². The Balaban J connectivity index is 1.96. The fourth-order valence-corrected chi connectivity index (χ4v) is 2.90. The molecule has 0 saturated carbocycles. The second-order valence-corrected chi connectivity index (χ2v) is 4.73. The van der Waals surface area contributed by atoms with Gasteiger partial charge < -0.3 is 4.74 Å². The molecule has 1 heterocycles. The van der Waals surface area contributed by atoms with E-state index >= 15 is 0 Å². The van der Waals surface area contributed by atoms with Crippen molar-refractivity contribution in [2.75, 3.05) is 12.4 Å². The molecule has 0 unspecified atom stereocenters. The van der Waals surface area contributed by atoms with Crippen LogP contribution in [0.2, 0.25) is 0 Å². The van der Waals surface area contributed by atoms with Gasteiger partial charge in [-0.3, -0.25) is 10.1 Å². The Morgan fingerprint density at radius 2 is 2.25 bits per heavy atom. The number of thioether (sulfide) groups is 1. The summed E-state index contributed by atoms with van der Waals surface area (Å²) in [7, 11) is 0. The maximum atomic E-state index is 11.5. The molecule has 1 aliphatic rings. The van der Waals surface area contributed by atoms with Crippen LogP contribution >= 0.6 is 11.8 Å². The Labute approximate surface area is 99.6 Å². The van der Waals surface area contributed by atoms with Crippen LogP contribution in [0.15, 0.2) is 30.3 Å². The minimum Gasteiger partial charge on any atom is -0.465 e. The minimum atomic E-state index is -0.171. The Hall–Kier alpha value is -1.00. The van der Waals surface area contributed by atoms with Crippen LogP contribution in [0.25, 0.3) is 0 Å². The van der Waals surface area contributed by atoms with Crippen molar-refractivity contribution in [3.05, 3.63) is 35.9 Å². The van der Waals surface area contributed by atoms with Gasteiger partial charge in [0.25, 0.3) is 0 Å². The molecule has 2 atom stereocenters. The van der Waals surface area contributed by atoms with Gasteiger partial charge in [-0.05, 0) is 12.5 Å². The van der Waals surface area contributed by atoms with Crippen LogP contribution < -0.4 is 5.32 Å². The first-order chi connectivity index (χ1) is 7.81. The normalized spacial score (nSPS) is 24.3. The highest BCUT2D eigenvalue weighted by Crippen LogP contribution is 2.32. The summed E-state index contributed by atoms with van der Waals surface area (Å²) in [6.45, 7) is 2.27. The fourth-order valence-electron chi connectivity index (χ4n) is 1.67. The van der Waals surface area contributed by atoms with Gasteiger partial charge >= 0.3 is 5.97 Å². The van der Waals surface area contributed by atoms with E-state index < -0.39 is 0 Å². The van der Waals surface area contributed by atoms with Gasteiger partial charge in [-0.1, -0.05) is 30.3 Å². The molecule has 1 fully saturated rings. The second-order valence-electron chi connectivity index (χ2n) is 3.60. The molecule has 1 N–H and O–H groups in total. The van der Waals surface area contributed by atoms with Gasteiger partial charge in [0.15, 0.2) is 0 Å². The first-order valence-corrected chi connectivity index (χ1v) is 6.45. The lowest BCUT2D eigenvalue weighted by Crippen LogP contribution is -2.35. The molecule has 0 amide bonds. The Kier molecular flexibility index (Phi) is 3.85. The van der Waals surface area contributed by atoms with Crippen LogP contribution in [0.3, 0.4) is 0 Å². The molecule has 1 aromatic carbocycles. The smallest absolute Gasteiger partial charge is 0.324 e. The molecular weight excluding hydrogens is 222 g/mol. The number of carbonyl (C=O) groups excluding carboxylic acids is 1. The Morgan fingerprint density at radius 3 is 2.94 bits per heavy atom. The summed E-state index contributed by atoms with van der Waals surface area (Å²) < 4.78 is 5.00. The number of carbonyl (C=O) groups is 1. The summed E-state index contributed by atoms with van der Waals surface area (Å²) >= 11 is 1.75. The maximum absolute atomic E-state index is 11.5. The summed E-state index contributed by atoms with van der Waals surface area (Å²) in [5.74, 6) is 0.631. The molecule has 1 aromatic rings. The molecule has 3 nitrogen and oxygen atoms in total. The van der Waals surface area contributed by atoms with E-state index in [0.717, 1.165) is 5.75 Å². The fraction of sp³-hybridized carbons (Fsp3) is 0.417. The van der Waals surface area contributed by atoms with Crippen LogP contribution in [0, 0.1) is 0 Å². The third-order valence-electron chi connectivity index (χ3n) is 2.46. The van der Waals surface area contributed by atoms with E-state index in [9.17, 15) is 4.79 Å². The zero-order valence-electron chi connectivity index (χ0n) is 9.18. The number of rotatable bonds is 3. The van der Waals surface area contributed by atoms with Crippen LogP contribution in [0.4, 0.5) is 0 Å². The summed E-state index contributed by atoms with van der Waals surface area (Å²) in [4.78, 5) is 11.5. The van der Waals surface area contributed by atoms with Gasteiger partial charge in [-0.25, -0.2) is 0 Å². The van der Waals surface area contributed by atoms with E-state index in [1.54, 1.807) is 11.8 Å². The van der Waals surface area contributed by atoms with Crippen LogP contribution in [0.1, 0.15) is 17.9 Å². The lowest BCUT2D eigenvalue weighted by atomic mass is 10.2. The zero-order valence-corrected chi connectivity index (χ0v) is 10.00. The topological polar surface area (TPSA) is 38.3 Å². The largest absolute Gasteiger partial charge is 0.465 e. The SMILES string of the molecule is CCOC(=O)[C@@H]1CS[C@H](c2ccccc2)N1. The first kappa shape index (κ1) is 11.5. The van der Waals surface area contributed by atoms with Gasteiger partial charge in [0.2, 0.25) is 0 Å². The van der Waals surface area contributed by atoms with Gasteiger partial charge in [-0.2, -0.15) is 0 Å². The number of hydrogen-bond acceptors (Lipinski definition) is 4. The summed E-state index contributed by atoms with van der Waals surface area (Å²) in [5, 5.41) is 3.48. The minimum absolute atomic E-state index is 0.145. The third kappa shape index (κ3) is 2.57. The van der Waals surface area contributed by atoms with Gasteiger partial charge in [-0.15, -0.1) is 11.8 Å². The van der Waals surface area contributed by atoms with Crippen LogP contribution in [-0.4, -0.2) is 24.4 Å². The summed E-state index contributed by atoms with van der Waals surface area (Å²) in [6.07, 6.45) is 0. The molecular formula is C12H15NO2S. The molecule has 0 spiro atoms. The molecule has 16 heavy (non-hydrogen) atoms. The van der Waals surface area contributed by atoms with Crippen molar-refractivity contribution < 1.29 is 9.53 Å². The molecule has 2 rings (SSSR count). The summed E-state index contributed by atoms with van der Waals surface area (Å²) in [5.41, 5.74) is 1.21. The Morgan fingerprint density at radius 1 is 1.50 bits per heavy atom. The highest BCUT2D eigenvalue weighted by molar-refractivity contribution is 7.99. The average molecular weight is 237 g/mol.